The van der Waals surface area contributed by atoms with Gasteiger partial charge in [-0.05, 0) is 87.3 Å². The Bertz CT molecular complexity index is 1610. The van der Waals surface area contributed by atoms with Crippen LogP contribution in [-0.4, -0.2) is 33.7 Å². The Morgan fingerprint density at radius 3 is 2.36 bits per heavy atom. The quantitative estimate of drug-likeness (QED) is 0.175. The zero-order valence-corrected chi connectivity index (χ0v) is 27.1. The van der Waals surface area contributed by atoms with Gasteiger partial charge in [-0.2, -0.15) is 4.98 Å². The lowest BCUT2D eigenvalue weighted by molar-refractivity contribution is -0.153. The second-order valence-corrected chi connectivity index (χ2v) is 13.3. The first kappa shape index (κ1) is 32.1. The second kappa shape index (κ2) is 13.8. The minimum atomic E-state index is -0.660. The van der Waals surface area contributed by atoms with Crippen LogP contribution in [0.15, 0.2) is 71.3 Å². The van der Waals surface area contributed by atoms with Crippen LogP contribution in [0.2, 0.25) is 0 Å². The Hall–Kier alpha value is -4.30. The minimum absolute atomic E-state index is 0.125. The lowest BCUT2D eigenvalue weighted by Crippen LogP contribution is -2.44. The summed E-state index contributed by atoms with van der Waals surface area (Å²) in [5.74, 6) is 0.711. The molecule has 0 unspecified atom stereocenters. The maximum Gasteiger partial charge on any atom is 0.339 e. The van der Waals surface area contributed by atoms with Gasteiger partial charge in [0.1, 0.15) is 12.2 Å². The molecule has 1 aliphatic rings. The number of nitrogens with zero attached hydrogens (tertiary/aromatic N) is 2. The molecular weight excluding hydrogens is 566 g/mol. The van der Waals surface area contributed by atoms with Gasteiger partial charge in [-0.1, -0.05) is 73.6 Å². The Labute approximate surface area is 265 Å². The summed E-state index contributed by atoms with van der Waals surface area (Å²) in [6.45, 7) is 12.6. The molecular formula is C37H43N3O5. The van der Waals surface area contributed by atoms with Gasteiger partial charge < -0.3 is 19.3 Å². The number of ether oxygens (including phenoxy) is 2. The first-order valence-corrected chi connectivity index (χ1v) is 15.7. The third kappa shape index (κ3) is 8.25. The van der Waals surface area contributed by atoms with Crippen LogP contribution in [0.25, 0.3) is 22.8 Å². The molecule has 8 heteroatoms. The van der Waals surface area contributed by atoms with E-state index in [1.54, 1.807) is 0 Å². The number of nitrogens with one attached hydrogen (secondary N) is 1. The van der Waals surface area contributed by atoms with Gasteiger partial charge in [0, 0.05) is 23.7 Å². The zero-order chi connectivity index (χ0) is 32.1. The van der Waals surface area contributed by atoms with Gasteiger partial charge in [-0.15, -0.1) is 0 Å². The van der Waals surface area contributed by atoms with Crippen LogP contribution in [-0.2, 0) is 33.8 Å². The predicted octanol–water partition coefficient (Wildman–Crippen LogP) is 7.48. The molecule has 1 aromatic heterocycles. The lowest BCUT2D eigenvalue weighted by Gasteiger charge is -2.34. The van der Waals surface area contributed by atoms with E-state index in [4.69, 9.17) is 14.0 Å². The molecule has 0 aliphatic heterocycles. The fraction of sp³-hybridized carbons (Fsp3) is 0.405. The van der Waals surface area contributed by atoms with Crippen LogP contribution in [0.3, 0.4) is 0 Å². The van der Waals surface area contributed by atoms with Gasteiger partial charge in [-0.25, -0.2) is 4.79 Å². The number of carbonyl (C=O) groups is 2. The average Bonchev–Trinajstić information content (AvgIpc) is 3.45. The van der Waals surface area contributed by atoms with Crippen molar-refractivity contribution < 1.29 is 23.6 Å². The number of rotatable bonds is 11. The average molecular weight is 610 g/mol. The van der Waals surface area contributed by atoms with Gasteiger partial charge in [-0.3, -0.25) is 4.79 Å². The zero-order valence-electron chi connectivity index (χ0n) is 27.1. The van der Waals surface area contributed by atoms with Crippen LogP contribution < -0.4 is 5.32 Å². The number of hydrogen-bond donors (Lipinski definition) is 1. The highest BCUT2D eigenvalue weighted by atomic mass is 16.6. The van der Waals surface area contributed by atoms with Crippen LogP contribution >= 0.6 is 0 Å². The molecule has 8 nitrogen and oxygen atoms in total. The van der Waals surface area contributed by atoms with Crippen molar-refractivity contribution in [1.82, 2.24) is 15.5 Å². The van der Waals surface area contributed by atoms with E-state index in [1.807, 2.05) is 82.3 Å². The van der Waals surface area contributed by atoms with Crippen molar-refractivity contribution in [2.24, 2.45) is 11.8 Å². The minimum Gasteiger partial charge on any atom is -0.461 e. The fourth-order valence-corrected chi connectivity index (χ4v) is 5.55. The van der Waals surface area contributed by atoms with Crippen molar-refractivity contribution in [3.63, 3.8) is 0 Å². The second-order valence-electron chi connectivity index (χ2n) is 13.3. The van der Waals surface area contributed by atoms with E-state index in [2.05, 4.69) is 41.4 Å². The monoisotopic (exact) mass is 609 g/mol. The van der Waals surface area contributed by atoms with Crippen molar-refractivity contribution in [1.29, 1.82) is 0 Å². The number of carbonyl (C=O) groups excluding carboxylic acids is 2. The largest absolute Gasteiger partial charge is 0.461 e. The third-order valence-electron chi connectivity index (χ3n) is 7.94. The van der Waals surface area contributed by atoms with Crippen LogP contribution in [0, 0.1) is 18.8 Å². The van der Waals surface area contributed by atoms with Crippen molar-refractivity contribution in [2.75, 3.05) is 0 Å². The summed E-state index contributed by atoms with van der Waals surface area (Å²) in [6.07, 6.45) is 2.39. The van der Waals surface area contributed by atoms with Crippen molar-refractivity contribution >= 4 is 11.9 Å². The molecule has 1 aliphatic carbocycles. The molecule has 3 aromatic carbocycles. The first-order chi connectivity index (χ1) is 21.5. The predicted molar refractivity (Wildman–Crippen MR) is 173 cm³/mol. The highest BCUT2D eigenvalue weighted by molar-refractivity contribution is 5.95. The summed E-state index contributed by atoms with van der Waals surface area (Å²) < 4.78 is 17.0. The summed E-state index contributed by atoms with van der Waals surface area (Å²) in [5.41, 5.74) is 5.14. The van der Waals surface area contributed by atoms with Crippen LogP contribution in [0.1, 0.15) is 80.1 Å². The highest BCUT2D eigenvalue weighted by Gasteiger charge is 2.36. The smallest absolute Gasteiger partial charge is 0.339 e. The van der Waals surface area contributed by atoms with E-state index in [0.717, 1.165) is 28.7 Å². The van der Waals surface area contributed by atoms with Crippen molar-refractivity contribution in [3.05, 3.63) is 94.5 Å². The molecule has 0 spiro atoms. The van der Waals surface area contributed by atoms with E-state index in [1.165, 1.54) is 5.56 Å². The summed E-state index contributed by atoms with van der Waals surface area (Å²) in [4.78, 5) is 30.7. The molecule has 0 amide bonds. The number of hydrogen-bond acceptors (Lipinski definition) is 8. The third-order valence-corrected chi connectivity index (χ3v) is 7.94. The van der Waals surface area contributed by atoms with Crippen molar-refractivity contribution in [3.8, 4) is 22.8 Å². The van der Waals surface area contributed by atoms with Gasteiger partial charge in [0.25, 0.3) is 5.89 Å². The lowest BCUT2D eigenvalue weighted by atomic mass is 9.80. The van der Waals surface area contributed by atoms with Crippen LogP contribution in [0.5, 0.6) is 0 Å². The Kier molecular flexibility index (Phi) is 9.83. The molecule has 1 heterocycles. The van der Waals surface area contributed by atoms with E-state index in [0.29, 0.717) is 48.1 Å². The number of benzene rings is 3. The van der Waals surface area contributed by atoms with Gasteiger partial charge in [0.2, 0.25) is 5.82 Å². The van der Waals surface area contributed by atoms with E-state index < -0.39 is 11.6 Å². The molecule has 236 valence electrons. The molecule has 1 fully saturated rings. The fourth-order valence-electron chi connectivity index (χ4n) is 5.55. The summed E-state index contributed by atoms with van der Waals surface area (Å²) >= 11 is 0. The number of aromatic nitrogens is 2. The standard InChI is InChI=1S/C37H43N3O5/c1-23(2)18-25-12-14-27(15-13-25)34-39-33(40-45-34)31-17-16-28(32(24(31)3)36(42)44-37(4,5)6)21-38-30-19-29(20-30)35(41)43-22-26-10-8-7-9-11-26/h7-17,23,29-30,38H,18-22H2,1-6H3. The van der Waals surface area contributed by atoms with Gasteiger partial charge >= 0.3 is 11.9 Å². The summed E-state index contributed by atoms with van der Waals surface area (Å²) in [7, 11) is 0. The van der Waals surface area contributed by atoms with E-state index in [9.17, 15) is 9.59 Å². The molecule has 5 rings (SSSR count). The topological polar surface area (TPSA) is 104 Å². The van der Waals surface area contributed by atoms with Gasteiger partial charge in [0.05, 0.1) is 11.5 Å². The maximum atomic E-state index is 13.5. The highest BCUT2D eigenvalue weighted by Crippen LogP contribution is 2.32. The molecule has 4 aromatic rings. The molecule has 0 radical (unpaired) electrons. The summed E-state index contributed by atoms with van der Waals surface area (Å²) in [6, 6.07) is 21.8. The molecule has 0 bridgehead atoms. The molecule has 1 saturated carbocycles. The van der Waals surface area contributed by atoms with Crippen molar-refractivity contribution in [2.45, 2.75) is 85.6 Å². The molecule has 0 saturated heterocycles. The molecule has 45 heavy (non-hydrogen) atoms. The number of esters is 2. The Balaban J connectivity index is 1.28. The maximum absolute atomic E-state index is 13.5. The molecule has 0 atom stereocenters. The van der Waals surface area contributed by atoms with E-state index in [-0.39, 0.29) is 24.5 Å². The van der Waals surface area contributed by atoms with Gasteiger partial charge in [0.15, 0.2) is 0 Å². The SMILES string of the molecule is Cc1c(-c2noc(-c3ccc(CC(C)C)cc3)n2)ccc(CNC2CC(C(=O)OCc3ccccc3)C2)c1C(=O)OC(C)(C)C. The normalized spacial score (nSPS) is 16.3. The Morgan fingerprint density at radius 1 is 0.978 bits per heavy atom. The molecule has 1 N–H and O–H groups in total. The first-order valence-electron chi connectivity index (χ1n) is 15.7. The van der Waals surface area contributed by atoms with Crippen LogP contribution in [0.4, 0.5) is 0 Å². The Morgan fingerprint density at radius 2 is 1.69 bits per heavy atom. The summed E-state index contributed by atoms with van der Waals surface area (Å²) in [5, 5.41) is 7.77. The van der Waals surface area contributed by atoms with E-state index >= 15 is 0 Å².